The third-order valence-electron chi connectivity index (χ3n) is 2.89. The van der Waals surface area contributed by atoms with E-state index in [0.717, 1.165) is 12.8 Å². The number of carbonyl (C=O) groups is 1. The van der Waals surface area contributed by atoms with Crippen LogP contribution in [0.15, 0.2) is 0 Å². The molecule has 88 valence electrons. The molecule has 2 unspecified atom stereocenters. The molecule has 2 atom stereocenters. The normalized spacial score (nSPS) is 31.3. The summed E-state index contributed by atoms with van der Waals surface area (Å²) in [5, 5.41) is 10.1. The van der Waals surface area contributed by atoms with E-state index in [-0.39, 0.29) is 5.92 Å². The summed E-state index contributed by atoms with van der Waals surface area (Å²) in [6, 6.07) is 0. The predicted octanol–water partition coefficient (Wildman–Crippen LogP) is 1.12. The molecule has 15 heavy (non-hydrogen) atoms. The van der Waals surface area contributed by atoms with Gasteiger partial charge in [-0.25, -0.2) is 4.79 Å². The molecule has 0 spiro atoms. The molecule has 0 aromatic heterocycles. The van der Waals surface area contributed by atoms with Crippen LogP contribution < -0.4 is 0 Å². The highest BCUT2D eigenvalue weighted by molar-refractivity contribution is 5.79. The molecule has 1 aliphatic carbocycles. The average molecular weight is 216 g/mol. The second kappa shape index (κ2) is 5.47. The lowest BCUT2D eigenvalue weighted by atomic mass is 9.78. The Bertz CT molecular complexity index is 215. The minimum absolute atomic E-state index is 0.262. The van der Waals surface area contributed by atoms with Crippen LogP contribution in [0.5, 0.6) is 0 Å². The maximum atomic E-state index is 11.6. The maximum Gasteiger partial charge on any atom is 0.338 e. The van der Waals surface area contributed by atoms with Crippen molar-refractivity contribution in [3.05, 3.63) is 0 Å². The number of carbonyl (C=O) groups excluding carboxylic acids is 1. The molecular formula is C11H20O4. The van der Waals surface area contributed by atoms with Crippen molar-refractivity contribution >= 4 is 5.97 Å². The highest BCUT2D eigenvalue weighted by Crippen LogP contribution is 2.33. The quantitative estimate of drug-likeness (QED) is 0.715. The number of ether oxygens (including phenoxy) is 2. The third-order valence-corrected chi connectivity index (χ3v) is 2.89. The Labute approximate surface area is 90.6 Å². The van der Waals surface area contributed by atoms with E-state index in [0.29, 0.717) is 26.1 Å². The Morgan fingerprint density at radius 1 is 1.60 bits per heavy atom. The molecule has 0 bridgehead atoms. The molecule has 0 aromatic carbocycles. The Morgan fingerprint density at radius 2 is 2.33 bits per heavy atom. The molecule has 0 radical (unpaired) electrons. The molecule has 0 aliphatic heterocycles. The zero-order chi connectivity index (χ0) is 11.3. The fourth-order valence-electron chi connectivity index (χ4n) is 2.19. The summed E-state index contributed by atoms with van der Waals surface area (Å²) in [6.45, 7) is 2.66. The summed E-state index contributed by atoms with van der Waals surface area (Å²) < 4.78 is 9.93. The van der Waals surface area contributed by atoms with Gasteiger partial charge in [-0.15, -0.1) is 0 Å². The van der Waals surface area contributed by atoms with Gasteiger partial charge in [0, 0.05) is 13.7 Å². The van der Waals surface area contributed by atoms with E-state index >= 15 is 0 Å². The molecule has 1 fully saturated rings. The number of hydrogen-bond acceptors (Lipinski definition) is 4. The zero-order valence-electron chi connectivity index (χ0n) is 9.49. The van der Waals surface area contributed by atoms with Crippen molar-refractivity contribution in [1.82, 2.24) is 0 Å². The Hall–Kier alpha value is -0.610. The predicted molar refractivity (Wildman–Crippen MR) is 55.4 cm³/mol. The smallest absolute Gasteiger partial charge is 0.338 e. The Kier molecular flexibility index (Phi) is 4.54. The Morgan fingerprint density at radius 3 is 2.93 bits per heavy atom. The molecule has 4 nitrogen and oxygen atoms in total. The highest BCUT2D eigenvalue weighted by atomic mass is 16.5. The fourth-order valence-corrected chi connectivity index (χ4v) is 2.19. The molecule has 0 saturated heterocycles. The van der Waals surface area contributed by atoms with Crippen LogP contribution in [0.3, 0.4) is 0 Å². The summed E-state index contributed by atoms with van der Waals surface area (Å²) in [6.07, 6.45) is 2.82. The van der Waals surface area contributed by atoms with Gasteiger partial charge in [0.25, 0.3) is 0 Å². The van der Waals surface area contributed by atoms with Crippen LogP contribution in [0, 0.1) is 5.92 Å². The van der Waals surface area contributed by atoms with Gasteiger partial charge in [-0.3, -0.25) is 0 Å². The van der Waals surface area contributed by atoms with Gasteiger partial charge in [-0.2, -0.15) is 0 Å². The van der Waals surface area contributed by atoms with Gasteiger partial charge in [0.15, 0.2) is 5.60 Å². The van der Waals surface area contributed by atoms with Gasteiger partial charge < -0.3 is 14.6 Å². The SMILES string of the molecule is CCOC(=O)C1(O)CCCC(COC)C1. The van der Waals surface area contributed by atoms with Gasteiger partial charge in [-0.1, -0.05) is 0 Å². The number of methoxy groups -OCH3 is 1. The lowest BCUT2D eigenvalue weighted by Crippen LogP contribution is -2.45. The number of esters is 1. The first kappa shape index (κ1) is 12.5. The molecule has 0 aromatic rings. The van der Waals surface area contributed by atoms with Gasteiger partial charge in [-0.05, 0) is 38.5 Å². The molecule has 1 rings (SSSR count). The number of rotatable bonds is 4. The summed E-state index contributed by atoms with van der Waals surface area (Å²) >= 11 is 0. The van der Waals surface area contributed by atoms with E-state index in [1.807, 2.05) is 0 Å². The van der Waals surface area contributed by atoms with Crippen LogP contribution in [0.2, 0.25) is 0 Å². The van der Waals surface area contributed by atoms with E-state index in [4.69, 9.17) is 9.47 Å². The standard InChI is InChI=1S/C11H20O4/c1-3-15-10(12)11(13)6-4-5-9(7-11)8-14-2/h9,13H,3-8H2,1-2H3. The van der Waals surface area contributed by atoms with Crippen molar-refractivity contribution in [2.45, 2.75) is 38.2 Å². The average Bonchev–Trinajstić information content (AvgIpc) is 2.19. The topological polar surface area (TPSA) is 55.8 Å². The molecule has 1 saturated carbocycles. The lowest BCUT2D eigenvalue weighted by molar-refractivity contribution is -0.171. The highest BCUT2D eigenvalue weighted by Gasteiger charge is 2.42. The van der Waals surface area contributed by atoms with Crippen LogP contribution >= 0.6 is 0 Å². The molecule has 4 heteroatoms. The van der Waals surface area contributed by atoms with Gasteiger partial charge in [0.05, 0.1) is 6.61 Å². The summed E-state index contributed by atoms with van der Waals surface area (Å²) in [7, 11) is 1.64. The second-order valence-electron chi connectivity index (χ2n) is 4.17. The second-order valence-corrected chi connectivity index (χ2v) is 4.17. The van der Waals surface area contributed by atoms with Crippen LogP contribution in [-0.2, 0) is 14.3 Å². The van der Waals surface area contributed by atoms with Crippen LogP contribution in [0.1, 0.15) is 32.6 Å². The van der Waals surface area contributed by atoms with Crippen molar-refractivity contribution < 1.29 is 19.4 Å². The first-order chi connectivity index (χ1) is 7.12. The summed E-state index contributed by atoms with van der Waals surface area (Å²) in [5.74, 6) is -0.219. The maximum absolute atomic E-state index is 11.6. The first-order valence-electron chi connectivity index (χ1n) is 5.51. The minimum Gasteiger partial charge on any atom is -0.464 e. The van der Waals surface area contributed by atoms with E-state index in [1.165, 1.54) is 0 Å². The minimum atomic E-state index is -1.28. The van der Waals surface area contributed by atoms with Crippen LogP contribution in [-0.4, -0.2) is 37.0 Å². The van der Waals surface area contributed by atoms with Crippen molar-refractivity contribution in [2.75, 3.05) is 20.3 Å². The number of aliphatic hydroxyl groups is 1. The monoisotopic (exact) mass is 216 g/mol. The Balaban J connectivity index is 2.55. The lowest BCUT2D eigenvalue weighted by Gasteiger charge is -2.34. The van der Waals surface area contributed by atoms with E-state index in [1.54, 1.807) is 14.0 Å². The van der Waals surface area contributed by atoms with E-state index in [2.05, 4.69) is 0 Å². The summed E-state index contributed by atoms with van der Waals surface area (Å²) in [4.78, 5) is 11.6. The van der Waals surface area contributed by atoms with Crippen LogP contribution in [0.4, 0.5) is 0 Å². The van der Waals surface area contributed by atoms with Gasteiger partial charge in [0.2, 0.25) is 0 Å². The van der Waals surface area contributed by atoms with Crippen LogP contribution in [0.25, 0.3) is 0 Å². The van der Waals surface area contributed by atoms with Crippen molar-refractivity contribution in [3.8, 4) is 0 Å². The molecule has 0 amide bonds. The van der Waals surface area contributed by atoms with Crippen molar-refractivity contribution in [1.29, 1.82) is 0 Å². The summed E-state index contributed by atoms with van der Waals surface area (Å²) in [5.41, 5.74) is -1.28. The van der Waals surface area contributed by atoms with Crippen molar-refractivity contribution in [2.24, 2.45) is 5.92 Å². The van der Waals surface area contributed by atoms with E-state index in [9.17, 15) is 9.90 Å². The van der Waals surface area contributed by atoms with Gasteiger partial charge in [0.1, 0.15) is 0 Å². The largest absolute Gasteiger partial charge is 0.464 e. The molecule has 0 heterocycles. The first-order valence-corrected chi connectivity index (χ1v) is 5.51. The fraction of sp³-hybridized carbons (Fsp3) is 0.909. The molecule has 1 N–H and O–H groups in total. The third kappa shape index (κ3) is 3.18. The zero-order valence-corrected chi connectivity index (χ0v) is 9.49. The molecule has 1 aliphatic rings. The van der Waals surface area contributed by atoms with Crippen molar-refractivity contribution in [3.63, 3.8) is 0 Å². The number of hydrogen-bond donors (Lipinski definition) is 1. The molecular weight excluding hydrogens is 196 g/mol. The van der Waals surface area contributed by atoms with E-state index < -0.39 is 11.6 Å². The van der Waals surface area contributed by atoms with Gasteiger partial charge >= 0.3 is 5.97 Å².